The number of halogens is 1. The molecule has 4 rings (SSSR count). The Morgan fingerprint density at radius 3 is 2.55 bits per heavy atom. The number of carboxylic acid groups (broad SMARTS) is 1. The number of aromatic nitrogens is 2. The molecule has 0 N–H and O–H groups in total. The van der Waals surface area contributed by atoms with Crippen molar-refractivity contribution in [2.24, 2.45) is 5.92 Å². The van der Waals surface area contributed by atoms with Gasteiger partial charge >= 0.3 is 29.6 Å². The Bertz CT molecular complexity index is 1250. The second-order valence-corrected chi connectivity index (χ2v) is 11.1. The molecule has 7 nitrogen and oxygen atoms in total. The van der Waals surface area contributed by atoms with Gasteiger partial charge in [0.2, 0.25) is 0 Å². The van der Waals surface area contributed by atoms with Crippen molar-refractivity contribution in [3.63, 3.8) is 0 Å². The molecule has 2 aromatic heterocycles. The van der Waals surface area contributed by atoms with Crippen LogP contribution in [0, 0.1) is 12.8 Å². The van der Waals surface area contributed by atoms with E-state index < -0.39 is 5.97 Å². The van der Waals surface area contributed by atoms with E-state index in [-0.39, 0.29) is 66.4 Å². The maximum atomic E-state index is 13.2. The van der Waals surface area contributed by atoms with Gasteiger partial charge in [-0.3, -0.25) is 4.79 Å². The Kier molecular flexibility index (Phi) is 11.2. The number of carbonyl (C=O) groups is 2. The number of benzene rings is 1. The van der Waals surface area contributed by atoms with Gasteiger partial charge < -0.3 is 18.9 Å². The van der Waals surface area contributed by atoms with Gasteiger partial charge in [0.05, 0.1) is 5.69 Å². The number of hydrogen-bond acceptors (Lipinski definition) is 7. The first-order valence-corrected chi connectivity index (χ1v) is 13.5. The van der Waals surface area contributed by atoms with Crippen molar-refractivity contribution in [2.75, 3.05) is 0 Å². The third-order valence-electron chi connectivity index (χ3n) is 6.89. The number of nitrogens with zero attached hydrogens (tertiary/aromatic N) is 2. The minimum absolute atomic E-state index is 0. The Hall–Kier alpha value is -1.93. The van der Waals surface area contributed by atoms with Crippen LogP contribution in [0.25, 0.3) is 11.5 Å². The first-order chi connectivity index (χ1) is 17.7. The van der Waals surface area contributed by atoms with Crippen molar-refractivity contribution < 1.29 is 53.3 Å². The second-order valence-electron chi connectivity index (χ2n) is 10.7. The van der Waals surface area contributed by atoms with E-state index in [4.69, 9.17) is 20.6 Å². The molecule has 1 atom stereocenters. The first kappa shape index (κ1) is 30.6. The van der Waals surface area contributed by atoms with Crippen LogP contribution in [-0.4, -0.2) is 22.1 Å². The molecule has 0 unspecified atom stereocenters. The van der Waals surface area contributed by atoms with Gasteiger partial charge in [0.15, 0.2) is 11.5 Å². The van der Waals surface area contributed by atoms with Crippen LogP contribution in [0.1, 0.15) is 98.8 Å². The molecule has 0 aliphatic heterocycles. The smallest absolute Gasteiger partial charge is 0.550 e. The van der Waals surface area contributed by atoms with Crippen molar-refractivity contribution in [3.8, 4) is 11.5 Å². The fourth-order valence-corrected chi connectivity index (χ4v) is 5.01. The van der Waals surface area contributed by atoms with Crippen LogP contribution in [0.15, 0.2) is 33.3 Å². The van der Waals surface area contributed by atoms with Crippen molar-refractivity contribution in [1.82, 2.24) is 10.3 Å². The van der Waals surface area contributed by atoms with Gasteiger partial charge in [-0.25, -0.2) is 0 Å². The summed E-state index contributed by atoms with van der Waals surface area (Å²) in [5.41, 5.74) is 4.14. The molecule has 1 aromatic carbocycles. The van der Waals surface area contributed by atoms with Gasteiger partial charge in [0, 0.05) is 47.8 Å². The Balaban J connectivity index is 0.00000400. The molecule has 38 heavy (non-hydrogen) atoms. The third kappa shape index (κ3) is 8.28. The zero-order valence-corrected chi connectivity index (χ0v) is 25.5. The molecule has 0 amide bonds. The van der Waals surface area contributed by atoms with Crippen LogP contribution < -0.4 is 34.7 Å². The van der Waals surface area contributed by atoms with Gasteiger partial charge in [-0.15, -0.1) is 0 Å². The summed E-state index contributed by atoms with van der Waals surface area (Å²) in [6.07, 6.45) is 5.07. The van der Waals surface area contributed by atoms with Crippen molar-refractivity contribution >= 4 is 23.4 Å². The van der Waals surface area contributed by atoms with Crippen molar-refractivity contribution in [2.45, 2.75) is 90.4 Å². The second kappa shape index (κ2) is 13.9. The van der Waals surface area contributed by atoms with E-state index in [1.165, 1.54) is 0 Å². The molecule has 9 heteroatoms. The Morgan fingerprint density at radius 2 is 1.89 bits per heavy atom. The summed E-state index contributed by atoms with van der Waals surface area (Å²) < 4.78 is 11.4. The number of aliphatic carboxylic acids is 1. The monoisotopic (exact) mass is 548 g/mol. The quantitative estimate of drug-likeness (QED) is 0.285. The fourth-order valence-electron chi connectivity index (χ4n) is 4.71. The SMILES string of the molecule is Cc1ccc(CC(=O)C[C@H](CCCC(=O)[O-])c2noc(-c3cc(CCC(C)C)on3)c2C2CC2)c(Cl)c1.[Na+]. The van der Waals surface area contributed by atoms with Gasteiger partial charge in [0.1, 0.15) is 11.5 Å². The van der Waals surface area contributed by atoms with E-state index in [2.05, 4.69) is 24.2 Å². The van der Waals surface area contributed by atoms with Crippen LogP contribution in [-0.2, 0) is 22.4 Å². The number of Topliss-reactive ketones (excluding diaryl/α,β-unsaturated/α-hetero) is 1. The maximum absolute atomic E-state index is 13.2. The average molecular weight is 549 g/mol. The summed E-state index contributed by atoms with van der Waals surface area (Å²) >= 11 is 6.37. The van der Waals surface area contributed by atoms with Crippen LogP contribution in [0.5, 0.6) is 0 Å². The van der Waals surface area contributed by atoms with Gasteiger partial charge in [-0.05, 0) is 74.5 Å². The number of carboxylic acids is 1. The molecule has 0 bridgehead atoms. The normalized spacial score (nSPS) is 13.9. The molecule has 1 aliphatic carbocycles. The van der Waals surface area contributed by atoms with E-state index in [1.807, 2.05) is 31.2 Å². The summed E-state index contributed by atoms with van der Waals surface area (Å²) in [4.78, 5) is 24.2. The summed E-state index contributed by atoms with van der Waals surface area (Å²) in [7, 11) is 0. The summed E-state index contributed by atoms with van der Waals surface area (Å²) in [6, 6.07) is 7.58. The predicted molar refractivity (Wildman–Crippen MR) is 138 cm³/mol. The van der Waals surface area contributed by atoms with Crippen LogP contribution in [0.3, 0.4) is 0 Å². The number of rotatable bonds is 14. The van der Waals surface area contributed by atoms with Gasteiger partial charge in [0.25, 0.3) is 0 Å². The van der Waals surface area contributed by atoms with Crippen molar-refractivity contribution in [1.29, 1.82) is 0 Å². The topological polar surface area (TPSA) is 109 Å². The molecule has 0 radical (unpaired) electrons. The number of aryl methyl sites for hydroxylation is 2. The first-order valence-electron chi connectivity index (χ1n) is 13.1. The van der Waals surface area contributed by atoms with Gasteiger partial charge in [-0.1, -0.05) is 47.9 Å². The zero-order chi connectivity index (χ0) is 26.5. The molecule has 2 heterocycles. The molecule has 1 fully saturated rings. The summed E-state index contributed by atoms with van der Waals surface area (Å²) in [6.45, 7) is 6.29. The molecule has 198 valence electrons. The van der Waals surface area contributed by atoms with Crippen LogP contribution in [0.2, 0.25) is 5.02 Å². The van der Waals surface area contributed by atoms with E-state index >= 15 is 0 Å². The molecule has 0 spiro atoms. The number of hydrogen-bond donors (Lipinski definition) is 0. The molecule has 1 aliphatic rings. The fraction of sp³-hybridized carbons (Fsp3) is 0.517. The predicted octanol–water partition coefficient (Wildman–Crippen LogP) is 2.97. The van der Waals surface area contributed by atoms with Crippen molar-refractivity contribution in [3.05, 3.63) is 57.4 Å². The molecule has 3 aromatic rings. The minimum Gasteiger partial charge on any atom is -0.550 e. The Morgan fingerprint density at radius 1 is 1.13 bits per heavy atom. The molecular weight excluding hydrogens is 515 g/mol. The van der Waals surface area contributed by atoms with Crippen LogP contribution in [0.4, 0.5) is 0 Å². The van der Waals surface area contributed by atoms with Crippen LogP contribution >= 0.6 is 11.6 Å². The van der Waals surface area contributed by atoms with E-state index in [9.17, 15) is 14.7 Å². The minimum atomic E-state index is -1.10. The maximum Gasteiger partial charge on any atom is 1.00 e. The molecular formula is C29H34ClN2NaO5. The zero-order valence-electron chi connectivity index (χ0n) is 22.7. The average Bonchev–Trinajstić information content (AvgIpc) is 3.39. The largest absolute Gasteiger partial charge is 1.00 e. The standard InChI is InChI=1S/C29H35ClN2O5.Na/c1-17(2)7-12-23-16-25(31-36-23)29-27(19-10-11-19)28(32-37-29)21(5-4-6-26(34)35)15-22(33)14-20-9-8-18(3)13-24(20)30;/h8-9,13,16-17,19,21H,4-7,10-12,14-15H2,1-3H3,(H,34,35);/q;+1/p-1/t21-;/m0./s1. The third-order valence-corrected chi connectivity index (χ3v) is 7.24. The Labute approximate surface area is 251 Å². The summed E-state index contributed by atoms with van der Waals surface area (Å²) in [5, 5.41) is 20.3. The van der Waals surface area contributed by atoms with Gasteiger partial charge in [-0.2, -0.15) is 0 Å². The van der Waals surface area contributed by atoms with E-state index in [0.29, 0.717) is 35.2 Å². The summed E-state index contributed by atoms with van der Waals surface area (Å²) in [5.74, 6) is 0.898. The van der Waals surface area contributed by atoms with E-state index in [1.54, 1.807) is 0 Å². The number of ketones is 1. The molecule has 1 saturated carbocycles. The van der Waals surface area contributed by atoms with E-state index in [0.717, 1.165) is 53.8 Å². The number of carbonyl (C=O) groups excluding carboxylic acids is 2. The molecule has 0 saturated heterocycles.